The third-order valence-corrected chi connectivity index (χ3v) is 5.12. The zero-order chi connectivity index (χ0) is 18.7. The van der Waals surface area contributed by atoms with Crippen LogP contribution in [0.3, 0.4) is 0 Å². The summed E-state index contributed by atoms with van der Waals surface area (Å²) in [5.41, 5.74) is 4.01. The van der Waals surface area contributed by atoms with Gasteiger partial charge in [0, 0.05) is 5.56 Å². The minimum absolute atomic E-state index is 0.0577. The Hall–Kier alpha value is -2.33. The van der Waals surface area contributed by atoms with Gasteiger partial charge in [0.05, 0.1) is 44.6 Å². The molecule has 1 heterocycles. The number of amides is 1. The second kappa shape index (κ2) is 7.50. The summed E-state index contributed by atoms with van der Waals surface area (Å²) in [6, 6.07) is 16.0. The van der Waals surface area contributed by atoms with Crippen LogP contribution in [0.15, 0.2) is 48.5 Å². The number of carbonyl (C=O) groups is 1. The van der Waals surface area contributed by atoms with Crippen LogP contribution >= 0.6 is 0 Å². The molecule has 3 rings (SSSR count). The number of benzene rings is 2. The second-order valence-electron chi connectivity index (χ2n) is 8.24. The van der Waals surface area contributed by atoms with E-state index in [-0.39, 0.29) is 11.3 Å². The van der Waals surface area contributed by atoms with Crippen LogP contribution in [0.4, 0.5) is 11.4 Å². The van der Waals surface area contributed by atoms with Crippen LogP contribution in [0.5, 0.6) is 0 Å². The van der Waals surface area contributed by atoms with Crippen molar-refractivity contribution in [1.29, 1.82) is 0 Å². The standard InChI is InChI=1S/C22H29N3O/c1-22(2,3)18-11-9-17(10-12-18)21(26)23-19-7-5-6-8-20(19)25-15-13-24(4)14-16-25/h5-12H,13-16H2,1-4H3,(H,23,26)/p+1. The minimum Gasteiger partial charge on any atom is -0.359 e. The quantitative estimate of drug-likeness (QED) is 0.891. The van der Waals surface area contributed by atoms with E-state index in [9.17, 15) is 4.79 Å². The maximum absolute atomic E-state index is 12.7. The molecule has 0 bridgehead atoms. The van der Waals surface area contributed by atoms with E-state index in [1.165, 1.54) is 5.56 Å². The van der Waals surface area contributed by atoms with Crippen molar-refractivity contribution in [1.82, 2.24) is 0 Å². The highest BCUT2D eigenvalue weighted by Crippen LogP contribution is 2.27. The Labute approximate surface area is 156 Å². The summed E-state index contributed by atoms with van der Waals surface area (Å²) in [5.74, 6) is -0.0577. The molecule has 2 aromatic rings. The van der Waals surface area contributed by atoms with Crippen molar-refractivity contribution >= 4 is 17.3 Å². The average molecular weight is 353 g/mol. The first-order chi connectivity index (χ1) is 12.3. The third kappa shape index (κ3) is 4.25. The molecule has 4 nitrogen and oxygen atoms in total. The minimum atomic E-state index is -0.0577. The molecule has 1 fully saturated rings. The number of nitrogens with one attached hydrogen (secondary N) is 2. The van der Waals surface area contributed by atoms with E-state index in [1.54, 1.807) is 4.90 Å². The van der Waals surface area contributed by atoms with Gasteiger partial charge in [-0.25, -0.2) is 0 Å². The molecule has 0 aromatic heterocycles. The van der Waals surface area contributed by atoms with E-state index in [4.69, 9.17) is 0 Å². The van der Waals surface area contributed by atoms with Gasteiger partial charge < -0.3 is 15.1 Å². The molecular formula is C22H30N3O+. The van der Waals surface area contributed by atoms with Crippen molar-refractivity contribution in [3.8, 4) is 0 Å². The fourth-order valence-corrected chi connectivity index (χ4v) is 3.30. The lowest BCUT2D eigenvalue weighted by Gasteiger charge is -2.33. The van der Waals surface area contributed by atoms with E-state index >= 15 is 0 Å². The Kier molecular flexibility index (Phi) is 5.33. The van der Waals surface area contributed by atoms with Crippen molar-refractivity contribution in [2.75, 3.05) is 43.4 Å². The second-order valence-corrected chi connectivity index (χ2v) is 8.24. The Morgan fingerprint density at radius 1 is 1.00 bits per heavy atom. The summed E-state index contributed by atoms with van der Waals surface area (Å²) in [6.07, 6.45) is 0. The Morgan fingerprint density at radius 3 is 2.23 bits per heavy atom. The van der Waals surface area contributed by atoms with Crippen LogP contribution in [0.2, 0.25) is 0 Å². The van der Waals surface area contributed by atoms with Gasteiger partial charge in [0.1, 0.15) is 0 Å². The predicted octanol–water partition coefficient (Wildman–Crippen LogP) is 2.57. The van der Waals surface area contributed by atoms with Crippen molar-refractivity contribution in [3.05, 3.63) is 59.7 Å². The number of quaternary nitrogens is 1. The lowest BCUT2D eigenvalue weighted by Crippen LogP contribution is -3.12. The first-order valence-electron chi connectivity index (χ1n) is 9.42. The summed E-state index contributed by atoms with van der Waals surface area (Å²) in [6.45, 7) is 10.8. The maximum atomic E-state index is 12.7. The molecule has 0 aliphatic carbocycles. The Bertz CT molecular complexity index is 754. The molecule has 1 aliphatic heterocycles. The van der Waals surface area contributed by atoms with Crippen molar-refractivity contribution in [2.45, 2.75) is 26.2 Å². The van der Waals surface area contributed by atoms with Gasteiger partial charge in [-0.3, -0.25) is 4.79 Å². The van der Waals surface area contributed by atoms with Gasteiger partial charge in [-0.15, -0.1) is 0 Å². The normalized spacial score (nSPS) is 15.8. The first kappa shape index (κ1) is 18.5. The van der Waals surface area contributed by atoms with Gasteiger partial charge in [0.15, 0.2) is 0 Å². The molecule has 0 unspecified atom stereocenters. The molecule has 0 radical (unpaired) electrons. The van der Waals surface area contributed by atoms with E-state index in [1.807, 2.05) is 42.5 Å². The topological polar surface area (TPSA) is 36.8 Å². The predicted molar refractivity (Wildman–Crippen MR) is 108 cm³/mol. The number of carbonyl (C=O) groups excluding carboxylic acids is 1. The molecule has 1 amide bonds. The highest BCUT2D eigenvalue weighted by Gasteiger charge is 2.20. The van der Waals surface area contributed by atoms with Crippen molar-refractivity contribution in [3.63, 3.8) is 0 Å². The molecule has 4 heteroatoms. The van der Waals surface area contributed by atoms with Crippen LogP contribution in [-0.2, 0) is 5.41 Å². The van der Waals surface area contributed by atoms with Crippen molar-refractivity contribution in [2.24, 2.45) is 0 Å². The lowest BCUT2D eigenvalue weighted by atomic mass is 9.87. The van der Waals surface area contributed by atoms with Crippen LogP contribution in [0, 0.1) is 0 Å². The highest BCUT2D eigenvalue weighted by molar-refractivity contribution is 6.06. The van der Waals surface area contributed by atoms with Gasteiger partial charge in [-0.05, 0) is 35.2 Å². The molecule has 0 atom stereocenters. The molecule has 0 spiro atoms. The zero-order valence-electron chi connectivity index (χ0n) is 16.3. The average Bonchev–Trinajstić information content (AvgIpc) is 2.62. The fourth-order valence-electron chi connectivity index (χ4n) is 3.30. The first-order valence-corrected chi connectivity index (χ1v) is 9.42. The van der Waals surface area contributed by atoms with E-state index < -0.39 is 0 Å². The third-order valence-electron chi connectivity index (χ3n) is 5.12. The number of para-hydroxylation sites is 2. The number of nitrogens with zero attached hydrogens (tertiary/aromatic N) is 1. The number of likely N-dealkylation sites (N-methyl/N-ethyl adjacent to an activating group) is 1. The smallest absolute Gasteiger partial charge is 0.255 e. The maximum Gasteiger partial charge on any atom is 0.255 e. The highest BCUT2D eigenvalue weighted by atomic mass is 16.1. The number of rotatable bonds is 3. The molecule has 138 valence electrons. The molecule has 2 aromatic carbocycles. The largest absolute Gasteiger partial charge is 0.359 e. The number of hydrogen-bond acceptors (Lipinski definition) is 2. The monoisotopic (exact) mass is 352 g/mol. The number of anilines is 2. The van der Waals surface area contributed by atoms with E-state index in [2.05, 4.69) is 44.1 Å². The number of piperazine rings is 1. The Morgan fingerprint density at radius 2 is 1.62 bits per heavy atom. The number of hydrogen-bond donors (Lipinski definition) is 2. The van der Waals surface area contributed by atoms with Crippen LogP contribution in [-0.4, -0.2) is 39.1 Å². The summed E-state index contributed by atoms with van der Waals surface area (Å²) in [4.78, 5) is 16.7. The summed E-state index contributed by atoms with van der Waals surface area (Å²) in [7, 11) is 2.23. The Balaban J connectivity index is 1.75. The zero-order valence-corrected chi connectivity index (χ0v) is 16.3. The molecule has 1 aliphatic rings. The van der Waals surface area contributed by atoms with Gasteiger partial charge in [0.25, 0.3) is 5.91 Å². The summed E-state index contributed by atoms with van der Waals surface area (Å²) < 4.78 is 0. The molecule has 1 saturated heterocycles. The molecule has 2 N–H and O–H groups in total. The van der Waals surface area contributed by atoms with Gasteiger partial charge in [-0.2, -0.15) is 0 Å². The van der Waals surface area contributed by atoms with Gasteiger partial charge in [-0.1, -0.05) is 45.0 Å². The SMILES string of the molecule is C[NH+]1CCN(c2ccccc2NC(=O)c2ccc(C(C)(C)C)cc2)CC1. The lowest BCUT2D eigenvalue weighted by molar-refractivity contribution is -0.880. The van der Waals surface area contributed by atoms with Crippen LogP contribution in [0.25, 0.3) is 0 Å². The van der Waals surface area contributed by atoms with Crippen LogP contribution < -0.4 is 15.1 Å². The van der Waals surface area contributed by atoms with Crippen LogP contribution in [0.1, 0.15) is 36.7 Å². The van der Waals surface area contributed by atoms with E-state index in [0.29, 0.717) is 5.56 Å². The van der Waals surface area contributed by atoms with Gasteiger partial charge >= 0.3 is 0 Å². The van der Waals surface area contributed by atoms with Gasteiger partial charge in [0.2, 0.25) is 0 Å². The molecule has 26 heavy (non-hydrogen) atoms. The fraction of sp³-hybridized carbons (Fsp3) is 0.409. The van der Waals surface area contributed by atoms with Crippen molar-refractivity contribution < 1.29 is 9.69 Å². The summed E-state index contributed by atoms with van der Waals surface area (Å²) in [5, 5.41) is 3.11. The molecule has 0 saturated carbocycles. The molecular weight excluding hydrogens is 322 g/mol. The van der Waals surface area contributed by atoms with E-state index in [0.717, 1.165) is 37.6 Å². The summed E-state index contributed by atoms with van der Waals surface area (Å²) >= 11 is 0.